The monoisotopic (exact) mass is 792 g/mol. The number of aliphatic hydroxyl groups excluding tert-OH is 1. The van der Waals surface area contributed by atoms with E-state index >= 15 is 9.59 Å². The highest BCUT2D eigenvalue weighted by atomic mass is 28.4. The van der Waals surface area contributed by atoms with Gasteiger partial charge in [-0.15, -0.1) is 0 Å². The SMILES string of the molecule is CNCc1cc(OCc2ccccc2)c2c(c1N(C)C)C[C@H]1C[C@H]3[C@H](N(C)C)c4onc(OCc5ccccc5)c4C(=O)C3(O[Si](C)(C)C(C)(C)C)C(=O)C1=C2O. The summed E-state index contributed by atoms with van der Waals surface area (Å²) in [7, 11) is 6.83. The van der Waals surface area contributed by atoms with Gasteiger partial charge in [0, 0.05) is 37.8 Å². The van der Waals surface area contributed by atoms with Crippen LogP contribution >= 0.6 is 0 Å². The van der Waals surface area contributed by atoms with Crippen LogP contribution in [0.2, 0.25) is 18.1 Å². The Morgan fingerprint density at radius 1 is 0.930 bits per heavy atom. The maximum absolute atomic E-state index is 15.9. The molecule has 11 nitrogen and oxygen atoms in total. The van der Waals surface area contributed by atoms with E-state index in [4.69, 9.17) is 18.4 Å². The molecule has 0 saturated heterocycles. The molecule has 57 heavy (non-hydrogen) atoms. The van der Waals surface area contributed by atoms with Crippen molar-refractivity contribution in [1.82, 2.24) is 15.4 Å². The largest absolute Gasteiger partial charge is 0.507 e. The van der Waals surface area contributed by atoms with Gasteiger partial charge >= 0.3 is 0 Å². The molecule has 4 atom stereocenters. The molecular weight excluding hydrogens is 737 g/mol. The Morgan fingerprint density at radius 2 is 1.54 bits per heavy atom. The van der Waals surface area contributed by atoms with Crippen LogP contribution in [-0.4, -0.2) is 75.9 Å². The molecule has 0 radical (unpaired) electrons. The molecule has 3 aromatic carbocycles. The Bertz CT molecular complexity index is 2190. The van der Waals surface area contributed by atoms with Gasteiger partial charge in [-0.25, -0.2) is 0 Å². The number of nitrogens with zero attached hydrogens (tertiary/aromatic N) is 3. The standard InChI is InChI=1S/C45H56N4O7Si/c1-44(2,3)57(9,10)56-45-32(38(49(7)8)40-36(42(45)52)43(47-55-40)54-26-28-19-15-12-16-20-28)22-29-21-31-35(39(50)34(29)41(45)51)33(53-25-27-17-13-11-14-18-27)23-30(24-46-4)37(31)48(5)6/h11-20,23,29,32,38,46,50H,21-22,24-26H2,1-10H3/t29-,32-,38-,45?/m0/s1. The number of aliphatic hydroxyl groups is 1. The summed E-state index contributed by atoms with van der Waals surface area (Å²) in [4.78, 5) is 35.5. The van der Waals surface area contributed by atoms with E-state index in [1.54, 1.807) is 0 Å². The van der Waals surface area contributed by atoms with Gasteiger partial charge < -0.3 is 33.7 Å². The second-order valence-electron chi connectivity index (χ2n) is 17.6. The third-order valence-corrected chi connectivity index (χ3v) is 16.8. The first-order valence-corrected chi connectivity index (χ1v) is 22.7. The number of anilines is 1. The highest BCUT2D eigenvalue weighted by Crippen LogP contribution is 2.59. The zero-order valence-electron chi connectivity index (χ0n) is 34.9. The van der Waals surface area contributed by atoms with Gasteiger partial charge in [0.25, 0.3) is 5.88 Å². The first-order chi connectivity index (χ1) is 27.0. The smallest absolute Gasteiger partial charge is 0.265 e. The summed E-state index contributed by atoms with van der Waals surface area (Å²) in [6.45, 7) is 11.4. The van der Waals surface area contributed by atoms with Gasteiger partial charge in [0.15, 0.2) is 19.7 Å². The molecule has 302 valence electrons. The number of carbonyl (C=O) groups excluding carboxylic acids is 2. The van der Waals surface area contributed by atoms with Gasteiger partial charge in [-0.2, -0.15) is 0 Å². The minimum Gasteiger partial charge on any atom is -0.507 e. The number of Topliss-reactive ketones (excluding diaryl/α,β-unsaturated/α-hetero) is 2. The Hall–Kier alpha value is -4.75. The van der Waals surface area contributed by atoms with E-state index < -0.39 is 43.4 Å². The lowest BCUT2D eigenvalue weighted by Crippen LogP contribution is -2.68. The van der Waals surface area contributed by atoms with E-state index in [-0.39, 0.29) is 41.0 Å². The highest BCUT2D eigenvalue weighted by molar-refractivity contribution is 6.74. The Kier molecular flexibility index (Phi) is 10.8. The van der Waals surface area contributed by atoms with E-state index in [0.717, 1.165) is 27.9 Å². The topological polar surface area (TPSA) is 127 Å². The van der Waals surface area contributed by atoms with E-state index in [2.05, 4.69) is 49.2 Å². The number of aromatic nitrogens is 1. The number of ether oxygens (including phenoxy) is 2. The molecule has 0 aliphatic heterocycles. The fourth-order valence-corrected chi connectivity index (χ4v) is 10.2. The first kappa shape index (κ1) is 40.4. The van der Waals surface area contributed by atoms with Gasteiger partial charge in [-0.1, -0.05) is 81.4 Å². The fourth-order valence-electron chi connectivity index (χ4n) is 8.79. The Morgan fingerprint density at radius 3 is 2.11 bits per heavy atom. The third kappa shape index (κ3) is 6.90. The van der Waals surface area contributed by atoms with Gasteiger partial charge in [0.2, 0.25) is 11.6 Å². The second-order valence-corrected chi connectivity index (χ2v) is 22.3. The predicted octanol–water partition coefficient (Wildman–Crippen LogP) is 7.91. The molecule has 1 fully saturated rings. The summed E-state index contributed by atoms with van der Waals surface area (Å²) in [5, 5.41) is 20.0. The van der Waals surface area contributed by atoms with Gasteiger partial charge in [-0.05, 0) is 91.5 Å². The summed E-state index contributed by atoms with van der Waals surface area (Å²) >= 11 is 0. The number of ketones is 2. The number of hydrogen-bond donors (Lipinski definition) is 2. The molecule has 1 saturated carbocycles. The molecule has 3 aliphatic carbocycles. The zero-order valence-corrected chi connectivity index (χ0v) is 35.9. The van der Waals surface area contributed by atoms with Crippen LogP contribution in [0.1, 0.15) is 77.2 Å². The highest BCUT2D eigenvalue weighted by Gasteiger charge is 2.69. The van der Waals surface area contributed by atoms with Crippen LogP contribution in [0.4, 0.5) is 5.69 Å². The van der Waals surface area contributed by atoms with Gasteiger partial charge in [0.1, 0.15) is 30.3 Å². The first-order valence-electron chi connectivity index (χ1n) is 19.7. The normalized spacial score (nSPS) is 21.8. The van der Waals surface area contributed by atoms with Crippen LogP contribution < -0.4 is 19.7 Å². The minimum absolute atomic E-state index is 0.0220. The maximum Gasteiger partial charge on any atom is 0.265 e. The molecule has 0 amide bonds. The third-order valence-electron chi connectivity index (χ3n) is 12.4. The zero-order chi connectivity index (χ0) is 41.0. The molecule has 1 heterocycles. The average molecular weight is 793 g/mol. The molecular formula is C45H56N4O7Si. The fraction of sp³-hybridized carbons (Fsp3) is 0.444. The lowest BCUT2D eigenvalue weighted by atomic mass is 9.57. The van der Waals surface area contributed by atoms with Crippen molar-refractivity contribution in [2.75, 3.05) is 40.1 Å². The van der Waals surface area contributed by atoms with E-state index in [9.17, 15) is 5.11 Å². The minimum atomic E-state index is -2.89. The number of fused-ring (bicyclic) bond motifs is 4. The summed E-state index contributed by atoms with van der Waals surface area (Å²) in [5.41, 5.74) is 3.52. The van der Waals surface area contributed by atoms with Crippen LogP contribution in [0.15, 0.2) is 76.8 Å². The molecule has 4 aromatic rings. The van der Waals surface area contributed by atoms with Crippen molar-refractivity contribution in [1.29, 1.82) is 0 Å². The van der Waals surface area contributed by atoms with Crippen LogP contribution in [0.3, 0.4) is 0 Å². The Balaban J connectivity index is 1.44. The molecule has 3 aliphatic rings. The maximum atomic E-state index is 15.9. The summed E-state index contributed by atoms with van der Waals surface area (Å²) < 4.78 is 26.1. The number of benzene rings is 3. The van der Waals surface area contributed by atoms with Crippen molar-refractivity contribution in [3.8, 4) is 11.6 Å². The van der Waals surface area contributed by atoms with Crippen molar-refractivity contribution >= 4 is 31.3 Å². The molecule has 12 heteroatoms. The molecule has 1 aromatic heterocycles. The molecule has 1 unspecified atom stereocenters. The summed E-state index contributed by atoms with van der Waals surface area (Å²) in [6.07, 6.45) is 0.820. The lowest BCUT2D eigenvalue weighted by molar-refractivity contribution is -0.140. The van der Waals surface area contributed by atoms with Crippen molar-refractivity contribution in [2.45, 2.75) is 83.1 Å². The van der Waals surface area contributed by atoms with Crippen LogP contribution in [-0.2, 0) is 35.4 Å². The number of rotatable bonds is 12. The van der Waals surface area contributed by atoms with Gasteiger partial charge in [0.05, 0.1) is 11.6 Å². The average Bonchev–Trinajstić information content (AvgIpc) is 3.57. The lowest BCUT2D eigenvalue weighted by Gasteiger charge is -2.55. The molecule has 0 bridgehead atoms. The number of hydrogen-bond acceptors (Lipinski definition) is 11. The predicted molar refractivity (Wildman–Crippen MR) is 223 cm³/mol. The summed E-state index contributed by atoms with van der Waals surface area (Å²) in [5.74, 6) is -1.46. The van der Waals surface area contributed by atoms with Crippen molar-refractivity contribution in [3.05, 3.63) is 111 Å². The number of nitrogens with one attached hydrogen (secondary N) is 1. The van der Waals surface area contributed by atoms with Crippen molar-refractivity contribution in [2.24, 2.45) is 11.8 Å². The van der Waals surface area contributed by atoms with Crippen molar-refractivity contribution < 1.29 is 33.1 Å². The van der Waals surface area contributed by atoms with Crippen LogP contribution in [0.25, 0.3) is 5.76 Å². The number of carbonyl (C=O) groups is 2. The Labute approximate surface area is 337 Å². The van der Waals surface area contributed by atoms with E-state index in [0.29, 0.717) is 36.5 Å². The molecule has 2 N–H and O–H groups in total. The van der Waals surface area contributed by atoms with E-state index in [1.165, 1.54) is 0 Å². The van der Waals surface area contributed by atoms with Gasteiger partial charge in [-0.3, -0.25) is 14.5 Å². The van der Waals surface area contributed by atoms with Crippen LogP contribution in [0.5, 0.6) is 11.6 Å². The van der Waals surface area contributed by atoms with Crippen LogP contribution in [0, 0.1) is 11.8 Å². The second kappa shape index (κ2) is 15.2. The molecule has 0 spiro atoms. The summed E-state index contributed by atoms with van der Waals surface area (Å²) in [6, 6.07) is 20.8. The molecule has 7 rings (SSSR count). The van der Waals surface area contributed by atoms with Crippen molar-refractivity contribution in [3.63, 3.8) is 0 Å². The van der Waals surface area contributed by atoms with E-state index in [1.807, 2.05) is 107 Å². The quantitative estimate of drug-likeness (QED) is 0.107.